The highest BCUT2D eigenvalue weighted by atomic mass is 35.5. The number of nitrogens with zero attached hydrogens (tertiary/aromatic N) is 2. The van der Waals surface area contributed by atoms with E-state index >= 15 is 0 Å². The topological polar surface area (TPSA) is 98.1 Å². The van der Waals surface area contributed by atoms with Crippen LogP contribution in [0.15, 0.2) is 64.3 Å². The van der Waals surface area contributed by atoms with Crippen molar-refractivity contribution >= 4 is 28.5 Å². The molecule has 0 aliphatic rings. The number of nitrogens with one attached hydrogen (secondary N) is 2. The second kappa shape index (κ2) is 8.16. The van der Waals surface area contributed by atoms with Gasteiger partial charge in [-0.1, -0.05) is 23.7 Å². The Morgan fingerprint density at radius 3 is 2.42 bits per heavy atom. The Kier molecular flexibility index (Phi) is 5.39. The van der Waals surface area contributed by atoms with Crippen LogP contribution >= 0.6 is 11.6 Å². The summed E-state index contributed by atoms with van der Waals surface area (Å²) in [6.07, 6.45) is 1.53. The van der Waals surface area contributed by atoms with Gasteiger partial charge in [0, 0.05) is 24.8 Å². The molecule has 2 aromatic heterocycles. The van der Waals surface area contributed by atoms with Crippen LogP contribution in [0.4, 0.5) is 0 Å². The van der Waals surface area contributed by atoms with Crippen molar-refractivity contribution in [2.75, 3.05) is 7.11 Å². The van der Waals surface area contributed by atoms with E-state index in [4.69, 9.17) is 16.3 Å². The summed E-state index contributed by atoms with van der Waals surface area (Å²) >= 11 is 5.90. The lowest BCUT2D eigenvalue weighted by Gasteiger charge is -2.07. The standard InChI is InChI=1S/C22H19ClN4O4/c1-26-12-17(20(28)24-11-13-3-9-16(31-2)10-4-13)18-19(26)21(29)27(22(30)25-18)15-7-5-14(23)6-8-15/h3-10,12H,11H2,1-2H3,(H,24,28)(H,25,30). The van der Waals surface area contributed by atoms with Gasteiger partial charge in [-0.05, 0) is 42.0 Å². The number of benzene rings is 2. The first kappa shape index (κ1) is 20.5. The van der Waals surface area contributed by atoms with Gasteiger partial charge in [0.15, 0.2) is 0 Å². The Bertz CT molecular complexity index is 1380. The number of fused-ring (bicyclic) bond motifs is 1. The summed E-state index contributed by atoms with van der Waals surface area (Å²) in [4.78, 5) is 41.2. The Balaban J connectivity index is 1.69. The smallest absolute Gasteiger partial charge is 0.333 e. The molecule has 31 heavy (non-hydrogen) atoms. The predicted octanol–water partition coefficient (Wildman–Crippen LogP) is 2.61. The normalized spacial score (nSPS) is 10.9. The average Bonchev–Trinajstić information content (AvgIpc) is 3.10. The molecule has 9 heteroatoms. The van der Waals surface area contributed by atoms with Crippen LogP contribution in [0.2, 0.25) is 5.02 Å². The van der Waals surface area contributed by atoms with Crippen molar-refractivity contribution in [3.8, 4) is 11.4 Å². The Morgan fingerprint density at radius 2 is 1.77 bits per heavy atom. The second-order valence-corrected chi connectivity index (χ2v) is 7.39. The Hall–Kier alpha value is -3.78. The van der Waals surface area contributed by atoms with E-state index < -0.39 is 17.2 Å². The summed E-state index contributed by atoms with van der Waals surface area (Å²) in [5, 5.41) is 3.30. The third-order valence-corrected chi connectivity index (χ3v) is 5.22. The first-order valence-electron chi connectivity index (χ1n) is 9.40. The third kappa shape index (κ3) is 3.85. The Morgan fingerprint density at radius 1 is 1.10 bits per heavy atom. The number of aromatic amines is 1. The van der Waals surface area contributed by atoms with E-state index in [0.29, 0.717) is 10.7 Å². The maximum absolute atomic E-state index is 13.1. The lowest BCUT2D eigenvalue weighted by atomic mass is 10.2. The van der Waals surface area contributed by atoms with Crippen molar-refractivity contribution in [1.29, 1.82) is 0 Å². The zero-order valence-electron chi connectivity index (χ0n) is 16.8. The van der Waals surface area contributed by atoms with E-state index in [1.165, 1.54) is 10.8 Å². The number of H-pyrrole nitrogens is 1. The van der Waals surface area contributed by atoms with Crippen molar-refractivity contribution in [1.82, 2.24) is 19.4 Å². The summed E-state index contributed by atoms with van der Waals surface area (Å²) in [5.74, 6) is 0.319. The summed E-state index contributed by atoms with van der Waals surface area (Å²) in [7, 11) is 3.23. The maximum atomic E-state index is 13.1. The van der Waals surface area contributed by atoms with Gasteiger partial charge in [-0.15, -0.1) is 0 Å². The molecule has 4 rings (SSSR count). The van der Waals surface area contributed by atoms with Crippen LogP contribution in [-0.2, 0) is 13.6 Å². The Labute approximate surface area is 181 Å². The van der Waals surface area contributed by atoms with Crippen molar-refractivity contribution < 1.29 is 9.53 Å². The molecule has 158 valence electrons. The number of rotatable bonds is 5. The van der Waals surface area contributed by atoms with Gasteiger partial charge in [0.2, 0.25) is 0 Å². The van der Waals surface area contributed by atoms with Crippen LogP contribution in [0.1, 0.15) is 15.9 Å². The zero-order valence-corrected chi connectivity index (χ0v) is 17.6. The quantitative estimate of drug-likeness (QED) is 0.500. The van der Waals surface area contributed by atoms with Crippen LogP contribution in [0, 0.1) is 0 Å². The van der Waals surface area contributed by atoms with E-state index in [1.807, 2.05) is 12.1 Å². The van der Waals surface area contributed by atoms with Crippen LogP contribution < -0.4 is 21.3 Å². The fraction of sp³-hybridized carbons (Fsp3) is 0.136. The number of ether oxygens (including phenoxy) is 1. The molecule has 0 aliphatic carbocycles. The third-order valence-electron chi connectivity index (χ3n) is 4.96. The lowest BCUT2D eigenvalue weighted by molar-refractivity contribution is 0.0952. The van der Waals surface area contributed by atoms with Gasteiger partial charge in [0.1, 0.15) is 11.3 Å². The van der Waals surface area contributed by atoms with Crippen LogP contribution in [0.3, 0.4) is 0 Å². The van der Waals surface area contributed by atoms with Gasteiger partial charge < -0.3 is 19.6 Å². The number of aryl methyl sites for hydroxylation is 1. The first-order chi connectivity index (χ1) is 14.9. The van der Waals surface area contributed by atoms with Crippen molar-refractivity contribution in [3.05, 3.63) is 91.7 Å². The fourth-order valence-electron chi connectivity index (χ4n) is 3.39. The largest absolute Gasteiger partial charge is 0.497 e. The lowest BCUT2D eigenvalue weighted by Crippen LogP contribution is -2.34. The van der Waals surface area contributed by atoms with Crippen LogP contribution in [0.25, 0.3) is 16.7 Å². The minimum Gasteiger partial charge on any atom is -0.497 e. The molecule has 0 fully saturated rings. The summed E-state index contributed by atoms with van der Waals surface area (Å²) in [6.45, 7) is 0.283. The SMILES string of the molecule is COc1ccc(CNC(=O)c2cn(C)c3c(=O)n(-c4ccc(Cl)cc4)c(=O)[nH]c23)cc1. The highest BCUT2D eigenvalue weighted by Crippen LogP contribution is 2.17. The molecular weight excluding hydrogens is 420 g/mol. The highest BCUT2D eigenvalue weighted by Gasteiger charge is 2.20. The van der Waals surface area contributed by atoms with E-state index in [2.05, 4.69) is 10.3 Å². The molecule has 2 aromatic carbocycles. The van der Waals surface area contributed by atoms with E-state index in [9.17, 15) is 14.4 Å². The van der Waals surface area contributed by atoms with E-state index in [1.54, 1.807) is 50.6 Å². The molecule has 1 amide bonds. The molecule has 0 saturated carbocycles. The van der Waals surface area contributed by atoms with E-state index in [-0.39, 0.29) is 23.1 Å². The van der Waals surface area contributed by atoms with Gasteiger partial charge in [-0.3, -0.25) is 9.59 Å². The van der Waals surface area contributed by atoms with Gasteiger partial charge in [-0.2, -0.15) is 0 Å². The number of amides is 1. The molecule has 0 bridgehead atoms. The van der Waals surface area contributed by atoms with Gasteiger partial charge in [-0.25, -0.2) is 9.36 Å². The second-order valence-electron chi connectivity index (χ2n) is 6.96. The number of aromatic nitrogens is 3. The number of hydrogen-bond donors (Lipinski definition) is 2. The highest BCUT2D eigenvalue weighted by molar-refractivity contribution is 6.30. The summed E-state index contributed by atoms with van der Waals surface area (Å²) in [5.41, 5.74) is 0.702. The van der Waals surface area contributed by atoms with Crippen molar-refractivity contribution in [3.63, 3.8) is 0 Å². The molecular formula is C22H19ClN4O4. The van der Waals surface area contributed by atoms with Crippen molar-refractivity contribution in [2.45, 2.75) is 6.54 Å². The molecule has 0 radical (unpaired) electrons. The molecule has 8 nitrogen and oxygen atoms in total. The fourth-order valence-corrected chi connectivity index (χ4v) is 3.52. The van der Waals surface area contributed by atoms with Gasteiger partial charge >= 0.3 is 5.69 Å². The predicted molar refractivity (Wildman–Crippen MR) is 118 cm³/mol. The molecule has 0 spiro atoms. The molecule has 0 unspecified atom stereocenters. The minimum absolute atomic E-state index is 0.190. The molecule has 4 aromatic rings. The monoisotopic (exact) mass is 438 g/mol. The molecule has 0 saturated heterocycles. The molecule has 2 N–H and O–H groups in total. The van der Waals surface area contributed by atoms with Gasteiger partial charge in [0.05, 0.1) is 23.9 Å². The molecule has 0 aliphatic heterocycles. The number of methoxy groups -OCH3 is 1. The number of hydrogen-bond acceptors (Lipinski definition) is 4. The number of carbonyl (C=O) groups is 1. The molecule has 0 atom stereocenters. The zero-order chi connectivity index (χ0) is 22.1. The average molecular weight is 439 g/mol. The van der Waals surface area contributed by atoms with E-state index in [0.717, 1.165) is 15.9 Å². The number of halogens is 1. The molecule has 2 heterocycles. The minimum atomic E-state index is -0.643. The van der Waals surface area contributed by atoms with Crippen LogP contribution in [-0.4, -0.2) is 27.1 Å². The summed E-state index contributed by atoms with van der Waals surface area (Å²) in [6, 6.07) is 13.6. The first-order valence-corrected chi connectivity index (χ1v) is 9.78. The maximum Gasteiger partial charge on any atom is 0.333 e. The number of carbonyl (C=O) groups excluding carboxylic acids is 1. The van der Waals surface area contributed by atoms with Gasteiger partial charge in [0.25, 0.3) is 11.5 Å². The van der Waals surface area contributed by atoms with Crippen LogP contribution in [0.5, 0.6) is 5.75 Å². The summed E-state index contributed by atoms with van der Waals surface area (Å²) < 4.78 is 7.66. The van der Waals surface area contributed by atoms with Crippen molar-refractivity contribution in [2.24, 2.45) is 7.05 Å².